The third-order valence-corrected chi connectivity index (χ3v) is 4.64. The minimum Gasteiger partial charge on any atom is -0.454 e. The van der Waals surface area contributed by atoms with Gasteiger partial charge in [-0.2, -0.15) is 0 Å². The van der Waals surface area contributed by atoms with Crippen LogP contribution in [0.15, 0.2) is 35.7 Å². The van der Waals surface area contributed by atoms with Crippen LogP contribution in [-0.2, 0) is 0 Å². The van der Waals surface area contributed by atoms with Crippen molar-refractivity contribution < 1.29 is 14.6 Å². The summed E-state index contributed by atoms with van der Waals surface area (Å²) < 4.78 is 10.8. The fourth-order valence-electron chi connectivity index (χ4n) is 2.51. The predicted molar refractivity (Wildman–Crippen MR) is 82.9 cm³/mol. The number of thiophene rings is 1. The summed E-state index contributed by atoms with van der Waals surface area (Å²) >= 11 is 1.71. The van der Waals surface area contributed by atoms with Gasteiger partial charge in [-0.05, 0) is 42.5 Å². The summed E-state index contributed by atoms with van der Waals surface area (Å²) in [5.41, 5.74) is 1.15. The van der Waals surface area contributed by atoms with Gasteiger partial charge in [0.1, 0.15) is 0 Å². The zero-order valence-corrected chi connectivity index (χ0v) is 12.7. The first kappa shape index (κ1) is 14.4. The normalized spacial score (nSPS) is 15.9. The first-order valence-corrected chi connectivity index (χ1v) is 7.95. The molecule has 2 atom stereocenters. The first-order chi connectivity index (χ1) is 10.3. The highest BCUT2D eigenvalue weighted by atomic mass is 32.1. The van der Waals surface area contributed by atoms with Crippen molar-refractivity contribution in [1.82, 2.24) is 5.32 Å². The van der Waals surface area contributed by atoms with Gasteiger partial charge < -0.3 is 19.9 Å². The van der Waals surface area contributed by atoms with Gasteiger partial charge >= 0.3 is 0 Å². The van der Waals surface area contributed by atoms with E-state index >= 15 is 0 Å². The van der Waals surface area contributed by atoms with Gasteiger partial charge in [0.05, 0.1) is 0 Å². The Kier molecular flexibility index (Phi) is 4.43. The molecular formula is C16H19NO3S. The second-order valence-electron chi connectivity index (χ2n) is 5.08. The molecule has 0 aliphatic carbocycles. The second-order valence-corrected chi connectivity index (χ2v) is 6.06. The molecule has 4 nitrogen and oxygen atoms in total. The second kappa shape index (κ2) is 6.47. The minimum atomic E-state index is 0.162. The Balaban J connectivity index is 1.73. The Morgan fingerprint density at radius 2 is 2.14 bits per heavy atom. The zero-order chi connectivity index (χ0) is 14.7. The maximum atomic E-state index is 9.27. The molecular weight excluding hydrogens is 286 g/mol. The van der Waals surface area contributed by atoms with Gasteiger partial charge in [0.2, 0.25) is 6.79 Å². The molecule has 1 aromatic carbocycles. The molecule has 3 rings (SSSR count). The number of fused-ring (bicyclic) bond motifs is 1. The van der Waals surface area contributed by atoms with Gasteiger partial charge in [-0.1, -0.05) is 12.1 Å². The summed E-state index contributed by atoms with van der Waals surface area (Å²) in [6.45, 7) is 2.59. The van der Waals surface area contributed by atoms with Crippen LogP contribution in [0, 0.1) is 0 Å². The molecule has 0 amide bonds. The quantitative estimate of drug-likeness (QED) is 0.860. The molecule has 0 saturated carbocycles. The van der Waals surface area contributed by atoms with E-state index < -0.39 is 0 Å². The summed E-state index contributed by atoms with van der Waals surface area (Å²) in [6, 6.07) is 10.5. The number of benzene rings is 1. The van der Waals surface area contributed by atoms with Crippen molar-refractivity contribution in [3.8, 4) is 11.5 Å². The van der Waals surface area contributed by atoms with Crippen LogP contribution < -0.4 is 14.8 Å². The molecule has 2 aromatic rings. The summed E-state index contributed by atoms with van der Waals surface area (Å²) in [6.07, 6.45) is 0.704. The molecule has 1 aliphatic rings. The molecule has 21 heavy (non-hydrogen) atoms. The number of ether oxygens (including phenoxy) is 2. The Labute approximate surface area is 128 Å². The average Bonchev–Trinajstić information content (AvgIpc) is 3.17. The molecule has 0 radical (unpaired) electrons. The summed E-state index contributed by atoms with van der Waals surface area (Å²) in [5, 5.41) is 14.9. The molecule has 2 heterocycles. The van der Waals surface area contributed by atoms with Crippen molar-refractivity contribution in [3.63, 3.8) is 0 Å². The van der Waals surface area contributed by atoms with E-state index in [1.807, 2.05) is 18.2 Å². The predicted octanol–water partition coefficient (Wildman–Crippen LogP) is 3.25. The summed E-state index contributed by atoms with van der Waals surface area (Å²) in [5.74, 6) is 1.60. The SMILES string of the molecule is C[C@H](N[C@H](CCO)c1cccs1)c1ccc2c(c1)OCO2. The maximum Gasteiger partial charge on any atom is 0.231 e. The van der Waals surface area contributed by atoms with Gasteiger partial charge in [0.25, 0.3) is 0 Å². The molecule has 112 valence electrons. The van der Waals surface area contributed by atoms with Crippen molar-refractivity contribution in [2.24, 2.45) is 0 Å². The van der Waals surface area contributed by atoms with E-state index in [9.17, 15) is 5.11 Å². The number of aliphatic hydroxyl groups excluding tert-OH is 1. The van der Waals surface area contributed by atoms with Gasteiger partial charge in [-0.15, -0.1) is 11.3 Å². The topological polar surface area (TPSA) is 50.7 Å². The van der Waals surface area contributed by atoms with Crippen molar-refractivity contribution >= 4 is 11.3 Å². The lowest BCUT2D eigenvalue weighted by Crippen LogP contribution is -2.25. The zero-order valence-electron chi connectivity index (χ0n) is 11.9. The maximum absolute atomic E-state index is 9.27. The van der Waals surface area contributed by atoms with E-state index in [1.54, 1.807) is 11.3 Å². The van der Waals surface area contributed by atoms with E-state index in [-0.39, 0.29) is 18.7 Å². The number of rotatable bonds is 6. The summed E-state index contributed by atoms with van der Waals surface area (Å²) in [4.78, 5) is 1.25. The Morgan fingerprint density at radius 1 is 1.29 bits per heavy atom. The van der Waals surface area contributed by atoms with E-state index in [0.29, 0.717) is 13.2 Å². The van der Waals surface area contributed by atoms with Crippen molar-refractivity contribution in [2.45, 2.75) is 25.4 Å². The molecule has 0 saturated heterocycles. The fraction of sp³-hybridized carbons (Fsp3) is 0.375. The number of hydrogen-bond donors (Lipinski definition) is 2. The number of nitrogens with one attached hydrogen (secondary N) is 1. The highest BCUT2D eigenvalue weighted by Crippen LogP contribution is 2.35. The lowest BCUT2D eigenvalue weighted by Gasteiger charge is -2.22. The van der Waals surface area contributed by atoms with Gasteiger partial charge in [0, 0.05) is 23.6 Å². The van der Waals surface area contributed by atoms with E-state index in [2.05, 4.69) is 29.8 Å². The number of hydrogen-bond acceptors (Lipinski definition) is 5. The van der Waals surface area contributed by atoms with Crippen LogP contribution in [0.25, 0.3) is 0 Å². The smallest absolute Gasteiger partial charge is 0.231 e. The van der Waals surface area contributed by atoms with Crippen LogP contribution in [-0.4, -0.2) is 18.5 Å². The largest absolute Gasteiger partial charge is 0.454 e. The molecule has 2 N–H and O–H groups in total. The molecule has 0 fully saturated rings. The van der Waals surface area contributed by atoms with Crippen LogP contribution in [0.3, 0.4) is 0 Å². The molecule has 0 unspecified atom stereocenters. The molecule has 1 aliphatic heterocycles. The monoisotopic (exact) mass is 305 g/mol. The lowest BCUT2D eigenvalue weighted by atomic mass is 10.0. The third kappa shape index (κ3) is 3.20. The van der Waals surface area contributed by atoms with Crippen LogP contribution in [0.1, 0.15) is 35.9 Å². The average molecular weight is 305 g/mol. The van der Waals surface area contributed by atoms with Crippen molar-refractivity contribution in [1.29, 1.82) is 0 Å². The van der Waals surface area contributed by atoms with Crippen LogP contribution in [0.4, 0.5) is 0 Å². The highest BCUT2D eigenvalue weighted by molar-refractivity contribution is 7.10. The Hall–Kier alpha value is -1.56. The third-order valence-electron chi connectivity index (χ3n) is 3.65. The first-order valence-electron chi connectivity index (χ1n) is 7.08. The molecule has 0 bridgehead atoms. The van der Waals surface area contributed by atoms with Crippen LogP contribution in [0.5, 0.6) is 11.5 Å². The number of aliphatic hydroxyl groups is 1. The minimum absolute atomic E-state index is 0.162. The fourth-order valence-corrected chi connectivity index (χ4v) is 3.33. The van der Waals surface area contributed by atoms with Crippen molar-refractivity contribution in [3.05, 3.63) is 46.2 Å². The van der Waals surface area contributed by atoms with E-state index in [0.717, 1.165) is 17.1 Å². The highest BCUT2D eigenvalue weighted by Gasteiger charge is 2.19. The van der Waals surface area contributed by atoms with Gasteiger partial charge in [0.15, 0.2) is 11.5 Å². The standard InChI is InChI=1S/C16H19NO3S/c1-11(12-4-5-14-15(9-12)20-10-19-14)17-13(6-7-18)16-3-2-8-21-16/h2-5,8-9,11,13,17-18H,6-7,10H2,1H3/t11-,13+/m0/s1. The van der Waals surface area contributed by atoms with Gasteiger partial charge in [-0.3, -0.25) is 0 Å². The Morgan fingerprint density at radius 3 is 2.90 bits per heavy atom. The van der Waals surface area contributed by atoms with E-state index in [1.165, 1.54) is 4.88 Å². The van der Waals surface area contributed by atoms with Crippen molar-refractivity contribution in [2.75, 3.05) is 13.4 Å². The van der Waals surface area contributed by atoms with Gasteiger partial charge in [-0.25, -0.2) is 0 Å². The molecule has 5 heteroatoms. The van der Waals surface area contributed by atoms with Crippen LogP contribution in [0.2, 0.25) is 0 Å². The lowest BCUT2D eigenvalue weighted by molar-refractivity contribution is 0.174. The van der Waals surface area contributed by atoms with Crippen LogP contribution >= 0.6 is 11.3 Å². The molecule has 1 aromatic heterocycles. The Bertz CT molecular complexity index is 585. The summed E-state index contributed by atoms with van der Waals surface area (Å²) in [7, 11) is 0. The molecule has 0 spiro atoms. The van der Waals surface area contributed by atoms with E-state index in [4.69, 9.17) is 9.47 Å².